The second kappa shape index (κ2) is 4.09. The van der Waals surface area contributed by atoms with Gasteiger partial charge in [0.05, 0.1) is 10.6 Å². The Morgan fingerprint density at radius 2 is 2.14 bits per heavy atom. The lowest BCUT2D eigenvalue weighted by molar-refractivity contribution is 0.522. The van der Waals surface area contributed by atoms with Crippen LogP contribution in [0.5, 0.6) is 0 Å². The van der Waals surface area contributed by atoms with Crippen molar-refractivity contribution in [1.82, 2.24) is 4.98 Å². The molecule has 0 aliphatic rings. The highest BCUT2D eigenvalue weighted by molar-refractivity contribution is 6.41. The van der Waals surface area contributed by atoms with Crippen LogP contribution in [0.2, 0.25) is 10.2 Å². The van der Waals surface area contributed by atoms with Crippen molar-refractivity contribution in [2.75, 3.05) is 0 Å². The largest absolute Gasteiger partial charge is 0.243 e. The van der Waals surface area contributed by atoms with Crippen molar-refractivity contribution in [3.8, 4) is 0 Å². The van der Waals surface area contributed by atoms with Gasteiger partial charge in [-0.25, -0.2) is 9.78 Å². The van der Waals surface area contributed by atoms with Gasteiger partial charge < -0.3 is 0 Å². The Bertz CT molecular complexity index is 398. The highest BCUT2D eigenvalue weighted by Gasteiger charge is 2.20. The number of carbonyl (C=O) groups excluding carboxylic acids is 1. The van der Waals surface area contributed by atoms with Gasteiger partial charge in [-0.3, -0.25) is 0 Å². The fourth-order valence-electron chi connectivity index (χ4n) is 0.934. The van der Waals surface area contributed by atoms with Crippen LogP contribution >= 0.6 is 23.2 Å². The van der Waals surface area contributed by atoms with Gasteiger partial charge in [0.1, 0.15) is 5.15 Å². The van der Waals surface area contributed by atoms with Gasteiger partial charge in [0, 0.05) is 6.20 Å². The number of isocyanates is 1. The van der Waals surface area contributed by atoms with Crippen molar-refractivity contribution in [2.24, 2.45) is 4.99 Å². The summed E-state index contributed by atoms with van der Waals surface area (Å²) < 4.78 is 0. The molecule has 0 saturated carbocycles. The third kappa shape index (κ3) is 2.32. The number of hydrogen-bond acceptors (Lipinski definition) is 3. The Balaban J connectivity index is 3.20. The van der Waals surface area contributed by atoms with Crippen molar-refractivity contribution in [3.05, 3.63) is 28.0 Å². The Hall–Kier alpha value is -0.890. The number of rotatable bonds is 2. The number of hydrogen-bond donors (Lipinski definition) is 0. The number of aliphatic imine (C=N–C) groups is 1. The second-order valence-electron chi connectivity index (χ2n) is 3.26. The Kier molecular flexibility index (Phi) is 3.27. The standard InChI is InChI=1S/C9H8Cl2N2O/c1-9(2,13-5-14)6-3-7(10)8(11)12-4-6/h3-4H,1-2H3. The number of pyridine rings is 1. The lowest BCUT2D eigenvalue weighted by Crippen LogP contribution is -2.13. The smallest absolute Gasteiger partial charge is 0.235 e. The second-order valence-corrected chi connectivity index (χ2v) is 4.02. The van der Waals surface area contributed by atoms with Crippen LogP contribution in [0.4, 0.5) is 0 Å². The van der Waals surface area contributed by atoms with E-state index in [9.17, 15) is 4.79 Å². The van der Waals surface area contributed by atoms with Gasteiger partial charge in [-0.05, 0) is 25.5 Å². The molecule has 0 unspecified atom stereocenters. The normalized spacial score (nSPS) is 10.9. The molecular formula is C9H8Cl2N2O. The summed E-state index contributed by atoms with van der Waals surface area (Å²) >= 11 is 11.4. The zero-order valence-electron chi connectivity index (χ0n) is 7.71. The summed E-state index contributed by atoms with van der Waals surface area (Å²) in [6.45, 7) is 3.53. The summed E-state index contributed by atoms with van der Waals surface area (Å²) in [5.41, 5.74) is 0.0402. The Labute approximate surface area is 91.8 Å². The van der Waals surface area contributed by atoms with E-state index in [0.717, 1.165) is 5.56 Å². The molecule has 0 fully saturated rings. The van der Waals surface area contributed by atoms with Crippen molar-refractivity contribution in [2.45, 2.75) is 19.4 Å². The molecule has 3 nitrogen and oxygen atoms in total. The molecule has 1 rings (SSSR count). The van der Waals surface area contributed by atoms with Crippen molar-refractivity contribution >= 4 is 29.3 Å². The average molecular weight is 231 g/mol. The van der Waals surface area contributed by atoms with Gasteiger partial charge in [-0.15, -0.1) is 0 Å². The van der Waals surface area contributed by atoms with Gasteiger partial charge in [0.2, 0.25) is 6.08 Å². The number of nitrogens with zero attached hydrogens (tertiary/aromatic N) is 2. The predicted octanol–water partition coefficient (Wildman–Crippen LogP) is 2.96. The first kappa shape index (κ1) is 11.2. The van der Waals surface area contributed by atoms with Gasteiger partial charge in [-0.2, -0.15) is 4.99 Å². The summed E-state index contributed by atoms with van der Waals surface area (Å²) in [6.07, 6.45) is 3.05. The molecule has 0 saturated heterocycles. The zero-order valence-corrected chi connectivity index (χ0v) is 9.23. The maximum atomic E-state index is 10.2. The first-order valence-electron chi connectivity index (χ1n) is 3.88. The first-order valence-corrected chi connectivity index (χ1v) is 4.63. The van der Waals surface area contributed by atoms with E-state index in [0.29, 0.717) is 5.02 Å². The number of halogens is 2. The summed E-state index contributed by atoms with van der Waals surface area (Å²) in [7, 11) is 0. The molecule has 1 heterocycles. The third-order valence-electron chi connectivity index (χ3n) is 1.83. The topological polar surface area (TPSA) is 42.3 Å². The Morgan fingerprint density at radius 1 is 1.50 bits per heavy atom. The van der Waals surface area contributed by atoms with Crippen LogP contribution in [0.25, 0.3) is 0 Å². The molecule has 0 N–H and O–H groups in total. The molecule has 0 aromatic carbocycles. The molecule has 0 aliphatic carbocycles. The van der Waals surface area contributed by atoms with Gasteiger partial charge >= 0.3 is 0 Å². The SMILES string of the molecule is CC(C)(N=C=O)c1cnc(Cl)c(Cl)c1. The molecule has 0 radical (unpaired) electrons. The molecule has 0 bridgehead atoms. The highest BCUT2D eigenvalue weighted by atomic mass is 35.5. The van der Waals surface area contributed by atoms with Crippen LogP contribution in [0.15, 0.2) is 17.3 Å². The number of aromatic nitrogens is 1. The lowest BCUT2D eigenvalue weighted by atomic mass is 9.97. The average Bonchev–Trinajstić information content (AvgIpc) is 2.09. The summed E-state index contributed by atoms with van der Waals surface area (Å²) in [5, 5.41) is 0.583. The zero-order chi connectivity index (χ0) is 10.8. The van der Waals surface area contributed by atoms with Crippen LogP contribution in [-0.4, -0.2) is 11.1 Å². The summed E-state index contributed by atoms with van der Waals surface area (Å²) in [5.74, 6) is 0. The van der Waals surface area contributed by atoms with E-state index in [1.165, 1.54) is 12.3 Å². The van der Waals surface area contributed by atoms with Gasteiger partial charge in [0.15, 0.2) is 0 Å². The molecule has 1 aromatic heterocycles. The van der Waals surface area contributed by atoms with Crippen molar-refractivity contribution in [1.29, 1.82) is 0 Å². The minimum Gasteiger partial charge on any atom is -0.243 e. The lowest BCUT2D eigenvalue weighted by Gasteiger charge is -2.17. The molecule has 5 heteroatoms. The molecule has 14 heavy (non-hydrogen) atoms. The minimum absolute atomic E-state index is 0.237. The molecule has 0 amide bonds. The summed E-state index contributed by atoms with van der Waals surface area (Å²) in [6, 6.07) is 1.64. The quantitative estimate of drug-likeness (QED) is 0.446. The third-order valence-corrected chi connectivity index (χ3v) is 2.51. The maximum Gasteiger partial charge on any atom is 0.235 e. The molecule has 0 atom stereocenters. The van der Waals surface area contributed by atoms with E-state index >= 15 is 0 Å². The fourth-order valence-corrected chi connectivity index (χ4v) is 1.20. The van der Waals surface area contributed by atoms with E-state index in [1.54, 1.807) is 19.9 Å². The van der Waals surface area contributed by atoms with Crippen LogP contribution in [0.1, 0.15) is 19.4 Å². The Morgan fingerprint density at radius 3 is 2.64 bits per heavy atom. The van der Waals surface area contributed by atoms with E-state index in [1.807, 2.05) is 0 Å². The molecule has 0 spiro atoms. The monoisotopic (exact) mass is 230 g/mol. The van der Waals surface area contributed by atoms with E-state index in [4.69, 9.17) is 23.2 Å². The van der Waals surface area contributed by atoms with E-state index in [2.05, 4.69) is 9.98 Å². The predicted molar refractivity (Wildman–Crippen MR) is 55.4 cm³/mol. The van der Waals surface area contributed by atoms with E-state index < -0.39 is 5.54 Å². The maximum absolute atomic E-state index is 10.2. The molecular weight excluding hydrogens is 223 g/mol. The van der Waals surface area contributed by atoms with Crippen LogP contribution in [0.3, 0.4) is 0 Å². The molecule has 74 valence electrons. The summed E-state index contributed by atoms with van der Waals surface area (Å²) in [4.78, 5) is 17.7. The van der Waals surface area contributed by atoms with E-state index in [-0.39, 0.29) is 5.15 Å². The van der Waals surface area contributed by atoms with Crippen LogP contribution < -0.4 is 0 Å². The minimum atomic E-state index is -0.678. The van der Waals surface area contributed by atoms with Crippen molar-refractivity contribution < 1.29 is 4.79 Å². The van der Waals surface area contributed by atoms with Crippen molar-refractivity contribution in [3.63, 3.8) is 0 Å². The molecule has 0 aliphatic heterocycles. The van der Waals surface area contributed by atoms with Gasteiger partial charge in [-0.1, -0.05) is 23.2 Å². The molecule has 1 aromatic rings. The van der Waals surface area contributed by atoms with Gasteiger partial charge in [0.25, 0.3) is 0 Å². The first-order chi connectivity index (χ1) is 6.47. The fraction of sp³-hybridized carbons (Fsp3) is 0.333. The van der Waals surface area contributed by atoms with Crippen LogP contribution in [-0.2, 0) is 10.3 Å². The van der Waals surface area contributed by atoms with Crippen LogP contribution in [0, 0.1) is 0 Å². The highest BCUT2D eigenvalue weighted by Crippen LogP contribution is 2.28.